The molecule has 18 heavy (non-hydrogen) atoms. The zero-order valence-corrected chi connectivity index (χ0v) is 10.0. The molecule has 1 aromatic rings. The second-order valence-electron chi connectivity index (χ2n) is 3.80. The Balaban J connectivity index is 2.62. The maximum atomic E-state index is 13.3. The summed E-state index contributed by atoms with van der Waals surface area (Å²) in [5.74, 6) is -1.65. The normalized spacial score (nSPS) is 10.9. The van der Waals surface area contributed by atoms with Gasteiger partial charge in [-0.2, -0.15) is 0 Å². The number of aliphatic hydroxyl groups excluding tert-OH is 1. The molecule has 0 saturated heterocycles. The number of hydrogen-bond acceptors (Lipinski definition) is 2. The molecule has 1 aromatic carbocycles. The van der Waals surface area contributed by atoms with E-state index in [1.54, 1.807) is 12.2 Å². The van der Waals surface area contributed by atoms with Crippen LogP contribution in [0.3, 0.4) is 0 Å². The van der Waals surface area contributed by atoms with Gasteiger partial charge in [0.25, 0.3) is 0 Å². The van der Waals surface area contributed by atoms with Gasteiger partial charge in [0.15, 0.2) is 0 Å². The summed E-state index contributed by atoms with van der Waals surface area (Å²) in [6.07, 6.45) is 3.85. The van der Waals surface area contributed by atoms with Gasteiger partial charge < -0.3 is 10.4 Å². The topological polar surface area (TPSA) is 49.3 Å². The van der Waals surface area contributed by atoms with Crippen LogP contribution in [0.1, 0.15) is 24.5 Å². The first-order valence-electron chi connectivity index (χ1n) is 5.54. The quantitative estimate of drug-likeness (QED) is 0.791. The molecule has 5 heteroatoms. The number of halogens is 2. The zero-order chi connectivity index (χ0) is 13.5. The first-order valence-corrected chi connectivity index (χ1v) is 5.54. The second-order valence-corrected chi connectivity index (χ2v) is 3.80. The summed E-state index contributed by atoms with van der Waals surface area (Å²) in [6, 6.07) is 2.31. The highest BCUT2D eigenvalue weighted by Crippen LogP contribution is 2.16. The van der Waals surface area contributed by atoms with Crippen molar-refractivity contribution in [1.29, 1.82) is 0 Å². The van der Waals surface area contributed by atoms with Gasteiger partial charge in [-0.05, 0) is 24.1 Å². The van der Waals surface area contributed by atoms with E-state index in [2.05, 4.69) is 5.32 Å². The Morgan fingerprint density at radius 1 is 1.39 bits per heavy atom. The first kappa shape index (κ1) is 14.3. The Bertz CT molecular complexity index is 435. The van der Waals surface area contributed by atoms with E-state index in [1.165, 1.54) is 6.92 Å². The van der Waals surface area contributed by atoms with Gasteiger partial charge in [0, 0.05) is 19.0 Å². The van der Waals surface area contributed by atoms with Crippen LogP contribution in [-0.4, -0.2) is 17.6 Å². The van der Waals surface area contributed by atoms with Crippen molar-refractivity contribution in [3.63, 3.8) is 0 Å². The summed E-state index contributed by atoms with van der Waals surface area (Å²) in [6.45, 7) is 1.23. The second kappa shape index (κ2) is 6.86. The number of amides is 1. The Hall–Kier alpha value is -1.75. The molecule has 0 aliphatic rings. The number of benzene rings is 1. The molecule has 0 bridgehead atoms. The van der Waals surface area contributed by atoms with Crippen LogP contribution in [0.25, 0.3) is 6.08 Å². The SMILES string of the molecule is CC(=O)NCCC=Cc1cc(F)c(CO)c(F)c1. The number of carbonyl (C=O) groups is 1. The molecule has 2 N–H and O–H groups in total. The molecule has 0 fully saturated rings. The van der Waals surface area contributed by atoms with E-state index < -0.39 is 18.2 Å². The molecule has 3 nitrogen and oxygen atoms in total. The Kier molecular flexibility index (Phi) is 5.45. The maximum absolute atomic E-state index is 13.3. The highest BCUT2D eigenvalue weighted by atomic mass is 19.1. The van der Waals surface area contributed by atoms with Gasteiger partial charge in [0.05, 0.1) is 6.61 Å². The largest absolute Gasteiger partial charge is 0.391 e. The van der Waals surface area contributed by atoms with E-state index in [1.807, 2.05) is 0 Å². The molecule has 1 amide bonds. The highest BCUT2D eigenvalue weighted by molar-refractivity contribution is 5.72. The summed E-state index contributed by atoms with van der Waals surface area (Å²) in [7, 11) is 0. The van der Waals surface area contributed by atoms with Crippen LogP contribution < -0.4 is 5.32 Å². The molecule has 0 radical (unpaired) electrons. The van der Waals surface area contributed by atoms with Crippen molar-refractivity contribution in [3.8, 4) is 0 Å². The lowest BCUT2D eigenvalue weighted by molar-refractivity contribution is -0.118. The van der Waals surface area contributed by atoms with Crippen molar-refractivity contribution in [3.05, 3.63) is 41.0 Å². The first-order chi connectivity index (χ1) is 8.54. The van der Waals surface area contributed by atoms with Crippen LogP contribution in [-0.2, 0) is 11.4 Å². The number of rotatable bonds is 5. The average Bonchev–Trinajstić information content (AvgIpc) is 2.27. The molecule has 0 aromatic heterocycles. The lowest BCUT2D eigenvalue weighted by Crippen LogP contribution is -2.20. The van der Waals surface area contributed by atoms with E-state index in [-0.39, 0.29) is 11.5 Å². The fourth-order valence-corrected chi connectivity index (χ4v) is 1.42. The van der Waals surface area contributed by atoms with E-state index >= 15 is 0 Å². The number of nitrogens with one attached hydrogen (secondary N) is 1. The van der Waals surface area contributed by atoms with Gasteiger partial charge in [0.2, 0.25) is 5.91 Å². The van der Waals surface area contributed by atoms with Gasteiger partial charge >= 0.3 is 0 Å². The molecule has 1 rings (SSSR count). The monoisotopic (exact) mass is 255 g/mol. The van der Waals surface area contributed by atoms with E-state index in [4.69, 9.17) is 5.11 Å². The predicted octanol–water partition coefficient (Wildman–Crippen LogP) is 2.00. The number of hydrogen-bond donors (Lipinski definition) is 2. The molecule has 0 aliphatic heterocycles. The van der Waals surface area contributed by atoms with Crippen molar-refractivity contribution in [2.45, 2.75) is 20.0 Å². The fourth-order valence-electron chi connectivity index (χ4n) is 1.42. The summed E-state index contributed by atoms with van der Waals surface area (Å²) >= 11 is 0. The number of carbonyl (C=O) groups excluding carboxylic acids is 1. The van der Waals surface area contributed by atoms with Gasteiger partial charge in [-0.15, -0.1) is 0 Å². The minimum absolute atomic E-state index is 0.118. The maximum Gasteiger partial charge on any atom is 0.216 e. The smallest absolute Gasteiger partial charge is 0.216 e. The van der Waals surface area contributed by atoms with Crippen molar-refractivity contribution in [2.24, 2.45) is 0 Å². The molecule has 0 heterocycles. The van der Waals surface area contributed by atoms with Crippen LogP contribution in [0.2, 0.25) is 0 Å². The van der Waals surface area contributed by atoms with Crippen molar-refractivity contribution < 1.29 is 18.7 Å². The predicted molar refractivity (Wildman–Crippen MR) is 64.6 cm³/mol. The number of aliphatic hydroxyl groups is 1. The van der Waals surface area contributed by atoms with Crippen molar-refractivity contribution in [1.82, 2.24) is 5.32 Å². The van der Waals surface area contributed by atoms with Gasteiger partial charge in [-0.3, -0.25) is 4.79 Å². The van der Waals surface area contributed by atoms with Crippen LogP contribution >= 0.6 is 0 Å². The summed E-state index contributed by atoms with van der Waals surface area (Å²) < 4.78 is 26.6. The Morgan fingerprint density at radius 2 is 2.00 bits per heavy atom. The van der Waals surface area contributed by atoms with E-state index in [9.17, 15) is 13.6 Å². The van der Waals surface area contributed by atoms with E-state index in [0.29, 0.717) is 18.5 Å². The lowest BCUT2D eigenvalue weighted by Gasteiger charge is -2.03. The molecule has 0 spiro atoms. The van der Waals surface area contributed by atoms with Crippen LogP contribution in [0, 0.1) is 11.6 Å². The minimum atomic E-state index is -0.765. The third kappa shape index (κ3) is 4.25. The third-order valence-electron chi connectivity index (χ3n) is 2.32. The molecule has 0 atom stereocenters. The van der Waals surface area contributed by atoms with Crippen LogP contribution in [0.15, 0.2) is 18.2 Å². The van der Waals surface area contributed by atoms with Crippen LogP contribution in [0.5, 0.6) is 0 Å². The summed E-state index contributed by atoms with van der Waals surface area (Å²) in [5, 5.41) is 11.4. The van der Waals surface area contributed by atoms with Crippen molar-refractivity contribution in [2.75, 3.05) is 6.54 Å². The third-order valence-corrected chi connectivity index (χ3v) is 2.32. The van der Waals surface area contributed by atoms with E-state index in [0.717, 1.165) is 12.1 Å². The van der Waals surface area contributed by atoms with Gasteiger partial charge in [-0.1, -0.05) is 12.2 Å². The van der Waals surface area contributed by atoms with Gasteiger partial charge in [-0.25, -0.2) is 8.78 Å². The fraction of sp³-hybridized carbons (Fsp3) is 0.308. The molecular weight excluding hydrogens is 240 g/mol. The molecule has 0 saturated carbocycles. The zero-order valence-electron chi connectivity index (χ0n) is 10.0. The Morgan fingerprint density at radius 3 is 2.50 bits per heavy atom. The summed E-state index contributed by atoms with van der Waals surface area (Å²) in [4.78, 5) is 10.6. The highest BCUT2D eigenvalue weighted by Gasteiger charge is 2.08. The average molecular weight is 255 g/mol. The molecular formula is C13H15F2NO2. The minimum Gasteiger partial charge on any atom is -0.391 e. The molecule has 0 aliphatic carbocycles. The van der Waals surface area contributed by atoms with Crippen molar-refractivity contribution >= 4 is 12.0 Å². The molecule has 98 valence electrons. The van der Waals surface area contributed by atoms with Gasteiger partial charge in [0.1, 0.15) is 11.6 Å². The molecule has 0 unspecified atom stereocenters. The lowest BCUT2D eigenvalue weighted by atomic mass is 10.1. The van der Waals surface area contributed by atoms with Crippen LogP contribution in [0.4, 0.5) is 8.78 Å². The standard InChI is InChI=1S/C13H15F2NO2/c1-9(18)16-5-3-2-4-10-6-12(14)11(8-17)13(15)7-10/h2,4,6-7,17H,3,5,8H2,1H3,(H,16,18). The summed E-state index contributed by atoms with van der Waals surface area (Å²) in [5.41, 5.74) is 0.0513. The Labute approximate surface area is 104 Å².